The molecule has 1 aliphatic rings. The average molecular weight is 544 g/mol. The van der Waals surface area contributed by atoms with Gasteiger partial charge in [-0.05, 0) is 74.4 Å². The first-order valence-corrected chi connectivity index (χ1v) is 14.1. The molecule has 8 nitrogen and oxygen atoms in total. The van der Waals surface area contributed by atoms with E-state index in [0.29, 0.717) is 18.9 Å². The molecule has 0 spiro atoms. The molecule has 3 aromatic carbocycles. The molecule has 8 heteroatoms. The number of carbonyl (C=O) groups is 1. The highest BCUT2D eigenvalue weighted by Crippen LogP contribution is 2.25. The van der Waals surface area contributed by atoms with E-state index in [1.54, 1.807) is 0 Å². The summed E-state index contributed by atoms with van der Waals surface area (Å²) in [6.07, 6.45) is 1.60. The maximum atomic E-state index is 13.1. The van der Waals surface area contributed by atoms with Gasteiger partial charge in [0.15, 0.2) is 0 Å². The fraction of sp³-hybridized carbons (Fsp3) is 0.375. The molecule has 0 saturated carbocycles. The van der Waals surface area contributed by atoms with Crippen LogP contribution in [0, 0.1) is 5.41 Å². The van der Waals surface area contributed by atoms with E-state index in [1.807, 2.05) is 87.5 Å². The molecule has 1 heterocycles. The van der Waals surface area contributed by atoms with Gasteiger partial charge in [-0.25, -0.2) is 4.79 Å². The van der Waals surface area contributed by atoms with E-state index in [4.69, 9.17) is 14.9 Å². The summed E-state index contributed by atoms with van der Waals surface area (Å²) < 4.78 is 11.6. The molecule has 40 heavy (non-hydrogen) atoms. The van der Waals surface area contributed by atoms with Crippen LogP contribution in [0.1, 0.15) is 32.8 Å². The summed E-state index contributed by atoms with van der Waals surface area (Å²) >= 11 is 0. The van der Waals surface area contributed by atoms with Crippen LogP contribution in [0.2, 0.25) is 0 Å². The van der Waals surface area contributed by atoms with Gasteiger partial charge in [0.2, 0.25) is 0 Å². The summed E-state index contributed by atoms with van der Waals surface area (Å²) in [7, 11) is 0. The normalized spacial score (nSPS) is 14.8. The molecule has 2 N–H and O–H groups in total. The van der Waals surface area contributed by atoms with Gasteiger partial charge in [-0.2, -0.15) is 0 Å². The van der Waals surface area contributed by atoms with E-state index in [1.165, 1.54) is 10.6 Å². The summed E-state index contributed by atoms with van der Waals surface area (Å²) in [4.78, 5) is 19.2. The predicted octanol–water partition coefficient (Wildman–Crippen LogP) is 5.92. The first-order valence-electron chi connectivity index (χ1n) is 14.1. The number of benzene rings is 3. The van der Waals surface area contributed by atoms with Crippen LogP contribution in [-0.2, 0) is 11.3 Å². The molecule has 4 rings (SSSR count). The van der Waals surface area contributed by atoms with Crippen LogP contribution in [0.5, 0.6) is 5.75 Å². The molecule has 1 saturated heterocycles. The van der Waals surface area contributed by atoms with E-state index in [2.05, 4.69) is 27.2 Å². The van der Waals surface area contributed by atoms with Crippen molar-refractivity contribution < 1.29 is 14.3 Å². The summed E-state index contributed by atoms with van der Waals surface area (Å²) in [5.74, 6) is 0.897. The van der Waals surface area contributed by atoms with Crippen molar-refractivity contribution in [2.75, 3.05) is 47.5 Å². The predicted molar refractivity (Wildman–Crippen MR) is 163 cm³/mol. The number of nitrogens with zero attached hydrogens (tertiary/aromatic N) is 3. The van der Waals surface area contributed by atoms with Crippen LogP contribution in [-0.4, -0.2) is 57.3 Å². The molecule has 0 aliphatic carbocycles. The van der Waals surface area contributed by atoms with Crippen LogP contribution in [0.4, 0.5) is 21.9 Å². The maximum absolute atomic E-state index is 13.1. The zero-order valence-corrected chi connectivity index (χ0v) is 23.8. The fourth-order valence-electron chi connectivity index (χ4n) is 4.91. The summed E-state index contributed by atoms with van der Waals surface area (Å²) in [6, 6.07) is 25.6. The van der Waals surface area contributed by atoms with Crippen LogP contribution in [0.15, 0.2) is 78.9 Å². The van der Waals surface area contributed by atoms with E-state index >= 15 is 0 Å². The lowest BCUT2D eigenvalue weighted by Crippen LogP contribution is -2.48. The van der Waals surface area contributed by atoms with Crippen molar-refractivity contribution in [3.63, 3.8) is 0 Å². The van der Waals surface area contributed by atoms with Gasteiger partial charge >= 0.3 is 6.03 Å². The van der Waals surface area contributed by atoms with Crippen molar-refractivity contribution in [3.8, 4) is 5.75 Å². The standard InChI is InChI=1S/C32H41N5O3/c1-4-31(25(3)40-23-26-9-7-6-8-10-26)34-32(38)37(24-33)29-13-11-27(12-14-29)35-19-21-36(22-20-35)28-15-17-30(18-16-28)39-5-2/h6-18,24-25,31,33H,4-5,19-23H2,1-3H3,(H,34,38)/t25-,31-/m0/s1. The first kappa shape index (κ1) is 29.0. The van der Waals surface area contributed by atoms with Crippen molar-refractivity contribution in [3.05, 3.63) is 84.4 Å². The van der Waals surface area contributed by atoms with Gasteiger partial charge in [-0.3, -0.25) is 10.3 Å². The molecule has 0 radical (unpaired) electrons. The SMILES string of the molecule is CCOc1ccc(N2CCN(c3ccc(N(C=N)C(=O)N[C@@H](CC)[C@H](C)OCc4ccccc4)cc3)CC2)cc1. The summed E-state index contributed by atoms with van der Waals surface area (Å²) in [5, 5.41) is 11.0. The molecule has 0 bridgehead atoms. The van der Waals surface area contributed by atoms with Gasteiger partial charge in [-0.15, -0.1) is 0 Å². The first-order chi connectivity index (χ1) is 19.5. The van der Waals surface area contributed by atoms with Crippen LogP contribution < -0.4 is 24.8 Å². The molecule has 0 aromatic heterocycles. The number of ether oxygens (including phenoxy) is 2. The van der Waals surface area contributed by atoms with Crippen LogP contribution in [0.25, 0.3) is 0 Å². The number of nitrogens with one attached hydrogen (secondary N) is 2. The topological polar surface area (TPSA) is 81.1 Å². The molecule has 2 amide bonds. The van der Waals surface area contributed by atoms with E-state index in [-0.39, 0.29) is 18.2 Å². The Hall–Kier alpha value is -4.04. The van der Waals surface area contributed by atoms with E-state index in [0.717, 1.165) is 55.9 Å². The number of anilines is 3. The zero-order chi connectivity index (χ0) is 28.3. The minimum atomic E-state index is -0.339. The van der Waals surface area contributed by atoms with Crippen molar-refractivity contribution in [2.24, 2.45) is 0 Å². The Labute approximate surface area is 238 Å². The molecule has 2 atom stereocenters. The molecule has 1 aliphatic heterocycles. The van der Waals surface area contributed by atoms with Gasteiger partial charge in [0.25, 0.3) is 0 Å². The molecular formula is C32H41N5O3. The zero-order valence-electron chi connectivity index (χ0n) is 23.8. The smallest absolute Gasteiger partial charge is 0.327 e. The monoisotopic (exact) mass is 543 g/mol. The Morgan fingerprint density at radius 2 is 1.50 bits per heavy atom. The second-order valence-electron chi connectivity index (χ2n) is 9.88. The van der Waals surface area contributed by atoms with Crippen LogP contribution in [0.3, 0.4) is 0 Å². The highest BCUT2D eigenvalue weighted by Gasteiger charge is 2.23. The quantitative estimate of drug-likeness (QED) is 0.219. The largest absolute Gasteiger partial charge is 0.494 e. The van der Waals surface area contributed by atoms with Crippen molar-refractivity contribution >= 4 is 29.4 Å². The fourth-order valence-corrected chi connectivity index (χ4v) is 4.91. The van der Waals surface area contributed by atoms with Gasteiger partial charge < -0.3 is 24.6 Å². The second kappa shape index (κ2) is 14.4. The van der Waals surface area contributed by atoms with Gasteiger partial charge in [0.1, 0.15) is 5.75 Å². The number of amides is 2. The molecular weight excluding hydrogens is 502 g/mol. The molecule has 1 fully saturated rings. The lowest BCUT2D eigenvalue weighted by molar-refractivity contribution is 0.0289. The maximum Gasteiger partial charge on any atom is 0.327 e. The lowest BCUT2D eigenvalue weighted by Gasteiger charge is -2.37. The minimum absolute atomic E-state index is 0.176. The van der Waals surface area contributed by atoms with Gasteiger partial charge in [-0.1, -0.05) is 37.3 Å². The highest BCUT2D eigenvalue weighted by molar-refractivity contribution is 6.06. The highest BCUT2D eigenvalue weighted by atomic mass is 16.5. The number of piperazine rings is 1. The van der Waals surface area contributed by atoms with E-state index < -0.39 is 0 Å². The number of hydrogen-bond acceptors (Lipinski definition) is 6. The number of carbonyl (C=O) groups excluding carboxylic acids is 1. The molecule has 212 valence electrons. The minimum Gasteiger partial charge on any atom is -0.494 e. The van der Waals surface area contributed by atoms with Gasteiger partial charge in [0, 0.05) is 37.6 Å². The third-order valence-electron chi connectivity index (χ3n) is 7.30. The summed E-state index contributed by atoms with van der Waals surface area (Å²) in [5.41, 5.74) is 4.05. The van der Waals surface area contributed by atoms with Crippen molar-refractivity contribution in [1.29, 1.82) is 5.41 Å². The number of hydrogen-bond donors (Lipinski definition) is 2. The Bertz CT molecular complexity index is 1200. The third kappa shape index (κ3) is 7.54. The number of rotatable bonds is 12. The summed E-state index contributed by atoms with van der Waals surface area (Å²) in [6.45, 7) is 10.8. The number of urea groups is 1. The Kier molecular flexibility index (Phi) is 10.4. The van der Waals surface area contributed by atoms with E-state index in [9.17, 15) is 4.79 Å². The molecule has 3 aromatic rings. The Morgan fingerprint density at radius 1 is 0.925 bits per heavy atom. The van der Waals surface area contributed by atoms with Crippen LogP contribution >= 0.6 is 0 Å². The second-order valence-corrected chi connectivity index (χ2v) is 9.88. The lowest BCUT2D eigenvalue weighted by atomic mass is 10.1. The van der Waals surface area contributed by atoms with Crippen molar-refractivity contribution in [2.45, 2.75) is 45.9 Å². The molecule has 0 unspecified atom stereocenters. The van der Waals surface area contributed by atoms with Gasteiger partial charge in [0.05, 0.1) is 37.4 Å². The average Bonchev–Trinajstić information content (AvgIpc) is 3.00. The third-order valence-corrected chi connectivity index (χ3v) is 7.30. The Morgan fingerprint density at radius 3 is 2.02 bits per heavy atom. The van der Waals surface area contributed by atoms with Crippen molar-refractivity contribution in [1.82, 2.24) is 5.32 Å². The Balaban J connectivity index is 1.30.